The van der Waals surface area contributed by atoms with Crippen LogP contribution in [0.3, 0.4) is 0 Å². The minimum Gasteiger partial charge on any atom is -0.490 e. The molecule has 0 aliphatic heterocycles. The van der Waals surface area contributed by atoms with Crippen molar-refractivity contribution in [3.63, 3.8) is 0 Å². The molecule has 0 spiro atoms. The monoisotopic (exact) mass is 358 g/mol. The summed E-state index contributed by atoms with van der Waals surface area (Å²) in [4.78, 5) is 17.1. The third kappa shape index (κ3) is 4.13. The van der Waals surface area contributed by atoms with Crippen molar-refractivity contribution in [1.29, 1.82) is 5.26 Å². The topological polar surface area (TPSA) is 72.2 Å². The Morgan fingerprint density at radius 2 is 1.85 bits per heavy atom. The second-order valence-electron chi connectivity index (χ2n) is 5.79. The van der Waals surface area contributed by atoms with Gasteiger partial charge in [0, 0.05) is 11.6 Å². The summed E-state index contributed by atoms with van der Waals surface area (Å²) in [5.41, 5.74) is 3.15. The first-order valence-electron chi connectivity index (χ1n) is 8.54. The highest BCUT2D eigenvalue weighted by molar-refractivity contribution is 5.92. The van der Waals surface area contributed by atoms with E-state index in [2.05, 4.69) is 4.98 Å². The van der Waals surface area contributed by atoms with Crippen molar-refractivity contribution in [1.82, 2.24) is 4.98 Å². The molecule has 1 aromatic heterocycles. The Kier molecular flexibility index (Phi) is 5.48. The smallest absolute Gasteiger partial charge is 0.345 e. The summed E-state index contributed by atoms with van der Waals surface area (Å²) in [5.74, 6) is 0.106. The molecule has 27 heavy (non-hydrogen) atoms. The highest BCUT2D eigenvalue weighted by Crippen LogP contribution is 2.29. The van der Waals surface area contributed by atoms with Gasteiger partial charge >= 0.3 is 5.97 Å². The van der Waals surface area contributed by atoms with Crippen LogP contribution >= 0.6 is 0 Å². The van der Waals surface area contributed by atoms with Crippen LogP contribution in [0.4, 0.5) is 0 Å². The maximum atomic E-state index is 12.6. The Bertz CT molecular complexity index is 1010. The summed E-state index contributed by atoms with van der Waals surface area (Å²) in [7, 11) is 0. The minimum atomic E-state index is -0.523. The Labute approximate surface area is 157 Å². The van der Waals surface area contributed by atoms with E-state index in [9.17, 15) is 4.79 Å². The number of nitrogens with zero attached hydrogens (tertiary/aromatic N) is 2. The standard InChI is InChI=1S/C22H18N2O3/c1-3-26-21-13-16(14-23)9-12-20(21)27-22(25)18-10-11-19(24-15(18)2)17-7-5-4-6-8-17/h4-13H,3H2,1-2H3. The lowest BCUT2D eigenvalue weighted by Crippen LogP contribution is -2.12. The predicted molar refractivity (Wildman–Crippen MR) is 102 cm³/mol. The van der Waals surface area contributed by atoms with Crippen molar-refractivity contribution in [2.45, 2.75) is 13.8 Å². The molecule has 0 unspecified atom stereocenters. The molecule has 0 bridgehead atoms. The Hall–Kier alpha value is -3.65. The van der Waals surface area contributed by atoms with Gasteiger partial charge in [-0.15, -0.1) is 0 Å². The zero-order valence-electron chi connectivity index (χ0n) is 15.1. The molecule has 0 saturated heterocycles. The van der Waals surface area contributed by atoms with E-state index in [4.69, 9.17) is 14.7 Å². The first kappa shape index (κ1) is 18.2. The van der Waals surface area contributed by atoms with E-state index in [0.29, 0.717) is 29.2 Å². The summed E-state index contributed by atoms with van der Waals surface area (Å²) in [6, 6.07) is 20.0. The number of benzene rings is 2. The normalized spacial score (nSPS) is 10.1. The minimum absolute atomic E-state index is 0.271. The van der Waals surface area contributed by atoms with Crippen molar-refractivity contribution in [3.05, 3.63) is 77.5 Å². The molecule has 3 aromatic rings. The van der Waals surface area contributed by atoms with Crippen molar-refractivity contribution in [2.75, 3.05) is 6.61 Å². The Balaban J connectivity index is 1.86. The van der Waals surface area contributed by atoms with E-state index in [0.717, 1.165) is 11.3 Å². The number of rotatable bonds is 5. The molecular weight excluding hydrogens is 340 g/mol. The lowest BCUT2D eigenvalue weighted by Gasteiger charge is -2.12. The van der Waals surface area contributed by atoms with Gasteiger partial charge in [0.1, 0.15) is 0 Å². The molecule has 0 radical (unpaired) electrons. The van der Waals surface area contributed by atoms with E-state index in [1.54, 1.807) is 37.3 Å². The van der Waals surface area contributed by atoms with Crippen LogP contribution in [-0.2, 0) is 0 Å². The van der Waals surface area contributed by atoms with Crippen LogP contribution < -0.4 is 9.47 Å². The number of aryl methyl sites for hydroxylation is 1. The lowest BCUT2D eigenvalue weighted by molar-refractivity contribution is 0.0727. The number of aromatic nitrogens is 1. The SMILES string of the molecule is CCOc1cc(C#N)ccc1OC(=O)c1ccc(-c2ccccc2)nc1C. The quantitative estimate of drug-likeness (QED) is 0.494. The largest absolute Gasteiger partial charge is 0.490 e. The summed E-state index contributed by atoms with van der Waals surface area (Å²) in [6.45, 7) is 3.98. The van der Waals surface area contributed by atoms with Crippen LogP contribution in [0.25, 0.3) is 11.3 Å². The molecule has 5 heteroatoms. The van der Waals surface area contributed by atoms with E-state index in [1.807, 2.05) is 43.3 Å². The van der Waals surface area contributed by atoms with Crippen LogP contribution in [0.1, 0.15) is 28.5 Å². The summed E-state index contributed by atoms with van der Waals surface area (Å²) >= 11 is 0. The molecule has 3 rings (SSSR count). The molecule has 0 amide bonds. The van der Waals surface area contributed by atoms with Gasteiger partial charge in [-0.05, 0) is 38.1 Å². The molecule has 0 saturated carbocycles. The lowest BCUT2D eigenvalue weighted by atomic mass is 10.1. The fourth-order valence-electron chi connectivity index (χ4n) is 2.63. The highest BCUT2D eigenvalue weighted by atomic mass is 16.6. The Morgan fingerprint density at radius 3 is 2.52 bits per heavy atom. The highest BCUT2D eigenvalue weighted by Gasteiger charge is 2.16. The van der Waals surface area contributed by atoms with Crippen molar-refractivity contribution in [3.8, 4) is 28.8 Å². The van der Waals surface area contributed by atoms with Crippen molar-refractivity contribution in [2.24, 2.45) is 0 Å². The number of nitriles is 1. The maximum absolute atomic E-state index is 12.6. The molecule has 1 heterocycles. The van der Waals surface area contributed by atoms with Crippen molar-refractivity contribution < 1.29 is 14.3 Å². The molecule has 134 valence electrons. The van der Waals surface area contributed by atoms with Gasteiger partial charge in [-0.1, -0.05) is 30.3 Å². The number of carbonyl (C=O) groups excluding carboxylic acids is 1. The van der Waals surface area contributed by atoms with Gasteiger partial charge in [0.2, 0.25) is 0 Å². The predicted octanol–water partition coefficient (Wildman–Crippen LogP) is 4.55. The molecule has 2 aromatic carbocycles. The molecular formula is C22H18N2O3. The zero-order chi connectivity index (χ0) is 19.2. The fourth-order valence-corrected chi connectivity index (χ4v) is 2.63. The number of pyridine rings is 1. The summed E-state index contributed by atoms with van der Waals surface area (Å²) in [6.07, 6.45) is 0. The number of carbonyl (C=O) groups is 1. The number of hydrogen-bond donors (Lipinski definition) is 0. The van der Waals surface area contributed by atoms with Crippen molar-refractivity contribution >= 4 is 5.97 Å². The second kappa shape index (κ2) is 8.15. The average molecular weight is 358 g/mol. The van der Waals surface area contributed by atoms with Gasteiger partial charge in [-0.2, -0.15) is 5.26 Å². The molecule has 0 atom stereocenters. The van der Waals surface area contributed by atoms with Crippen LogP contribution in [0.5, 0.6) is 11.5 Å². The number of esters is 1. The second-order valence-corrected chi connectivity index (χ2v) is 5.79. The van der Waals surface area contributed by atoms with Gasteiger partial charge in [-0.3, -0.25) is 4.98 Å². The first-order valence-corrected chi connectivity index (χ1v) is 8.54. The van der Waals surface area contributed by atoms with Gasteiger partial charge < -0.3 is 9.47 Å². The third-order valence-electron chi connectivity index (χ3n) is 3.95. The van der Waals surface area contributed by atoms with Gasteiger partial charge in [0.15, 0.2) is 11.5 Å². The summed E-state index contributed by atoms with van der Waals surface area (Å²) < 4.78 is 11.0. The van der Waals surface area contributed by atoms with Crippen LogP contribution in [0.2, 0.25) is 0 Å². The van der Waals surface area contributed by atoms with E-state index >= 15 is 0 Å². The van der Waals surface area contributed by atoms with E-state index < -0.39 is 5.97 Å². The molecule has 0 aliphatic carbocycles. The Morgan fingerprint density at radius 1 is 1.07 bits per heavy atom. The van der Waals surface area contributed by atoms with E-state index in [1.165, 1.54) is 0 Å². The fraction of sp³-hybridized carbons (Fsp3) is 0.136. The summed E-state index contributed by atoms with van der Waals surface area (Å²) in [5, 5.41) is 9.02. The van der Waals surface area contributed by atoms with E-state index in [-0.39, 0.29) is 5.75 Å². The van der Waals surface area contributed by atoms with Gasteiger partial charge in [0.25, 0.3) is 0 Å². The van der Waals surface area contributed by atoms with Crippen LogP contribution in [0, 0.1) is 18.3 Å². The van der Waals surface area contributed by atoms with Crippen LogP contribution in [-0.4, -0.2) is 17.6 Å². The number of hydrogen-bond acceptors (Lipinski definition) is 5. The number of ether oxygens (including phenoxy) is 2. The molecule has 5 nitrogen and oxygen atoms in total. The first-order chi connectivity index (χ1) is 13.1. The maximum Gasteiger partial charge on any atom is 0.345 e. The molecule has 0 aliphatic rings. The van der Waals surface area contributed by atoms with Gasteiger partial charge in [-0.25, -0.2) is 4.79 Å². The average Bonchev–Trinajstić information content (AvgIpc) is 2.70. The molecule has 0 N–H and O–H groups in total. The van der Waals surface area contributed by atoms with Gasteiger partial charge in [0.05, 0.1) is 35.2 Å². The third-order valence-corrected chi connectivity index (χ3v) is 3.95. The molecule has 0 fully saturated rings. The zero-order valence-corrected chi connectivity index (χ0v) is 15.1. The van der Waals surface area contributed by atoms with Crippen LogP contribution in [0.15, 0.2) is 60.7 Å².